The van der Waals surface area contributed by atoms with Crippen LogP contribution >= 0.6 is 11.6 Å². The maximum atomic E-state index is 9.25. The number of amidine groups is 1. The van der Waals surface area contributed by atoms with E-state index in [9.17, 15) is 5.11 Å². The summed E-state index contributed by atoms with van der Waals surface area (Å²) >= 11 is 6.08. The molecule has 2 heterocycles. The minimum Gasteiger partial charge on any atom is -0.396 e. The zero-order valence-electron chi connectivity index (χ0n) is 16.2. The quantitative estimate of drug-likeness (QED) is 0.442. The molecule has 1 spiro atoms. The molecule has 2 aromatic carbocycles. The van der Waals surface area contributed by atoms with Gasteiger partial charge in [0.05, 0.1) is 11.4 Å². The second kappa shape index (κ2) is 8.69. The lowest BCUT2D eigenvalue weighted by atomic mass is 9.85. The number of fused-ring (bicyclic) bond motifs is 1. The fourth-order valence-electron chi connectivity index (χ4n) is 3.92. The fraction of sp³-hybridized carbons (Fsp3) is 0.381. The number of nitrogens with one attached hydrogen (secondary N) is 2. The minimum absolute atomic E-state index is 0.0996. The molecule has 4 rings (SSSR count). The van der Waals surface area contributed by atoms with Crippen molar-refractivity contribution in [2.75, 3.05) is 24.8 Å². The summed E-state index contributed by atoms with van der Waals surface area (Å²) in [5, 5.41) is 11.8. The van der Waals surface area contributed by atoms with E-state index in [0.717, 1.165) is 41.2 Å². The van der Waals surface area contributed by atoms with Gasteiger partial charge in [-0.1, -0.05) is 29.8 Å². The summed E-state index contributed by atoms with van der Waals surface area (Å²) < 4.78 is 5.59. The summed E-state index contributed by atoms with van der Waals surface area (Å²) in [6, 6.07) is 13.7. The summed E-state index contributed by atoms with van der Waals surface area (Å²) in [6.07, 6.45) is 2.07. The van der Waals surface area contributed by atoms with Gasteiger partial charge in [0.1, 0.15) is 11.4 Å². The zero-order valence-corrected chi connectivity index (χ0v) is 17.0. The Morgan fingerprint density at radius 1 is 1.17 bits per heavy atom. The van der Waals surface area contributed by atoms with Crippen LogP contribution in [0, 0.1) is 0 Å². The molecule has 0 aromatic heterocycles. The van der Waals surface area contributed by atoms with Crippen molar-refractivity contribution in [3.63, 3.8) is 0 Å². The predicted octanol–water partition coefficient (Wildman–Crippen LogP) is 2.44. The van der Waals surface area contributed by atoms with Crippen molar-refractivity contribution in [2.24, 2.45) is 10.8 Å². The number of hydrogen-bond donors (Lipinski definition) is 4. The molecule has 2 aromatic rings. The Morgan fingerprint density at radius 3 is 2.76 bits per heavy atom. The largest absolute Gasteiger partial charge is 0.396 e. The van der Waals surface area contributed by atoms with Crippen molar-refractivity contribution in [2.45, 2.75) is 31.3 Å². The van der Waals surface area contributed by atoms with Gasteiger partial charge >= 0.3 is 0 Å². The number of hydrazine groups is 2. The predicted molar refractivity (Wildman–Crippen MR) is 115 cm³/mol. The molecule has 5 N–H and O–H groups in total. The molecule has 2 aliphatic rings. The lowest BCUT2D eigenvalue weighted by molar-refractivity contribution is 0.0686. The van der Waals surface area contributed by atoms with Crippen LogP contribution in [0.25, 0.3) is 0 Å². The molecule has 7 nitrogen and oxygen atoms in total. The van der Waals surface area contributed by atoms with Gasteiger partial charge in [-0.2, -0.15) is 0 Å². The number of aliphatic hydroxyl groups excluding tert-OH is 1. The van der Waals surface area contributed by atoms with E-state index in [1.807, 2.05) is 47.5 Å². The Morgan fingerprint density at radius 2 is 2.00 bits per heavy atom. The van der Waals surface area contributed by atoms with Gasteiger partial charge in [0.15, 0.2) is 0 Å². The second-order valence-corrected chi connectivity index (χ2v) is 7.82. The Balaban J connectivity index is 1.61. The number of halogens is 1. The van der Waals surface area contributed by atoms with E-state index in [2.05, 4.69) is 10.9 Å². The summed E-state index contributed by atoms with van der Waals surface area (Å²) in [6.45, 7) is 1.94. The van der Waals surface area contributed by atoms with Gasteiger partial charge < -0.3 is 15.3 Å². The highest BCUT2D eigenvalue weighted by Crippen LogP contribution is 2.41. The van der Waals surface area contributed by atoms with Crippen molar-refractivity contribution < 1.29 is 9.84 Å². The number of nitrogens with zero attached hydrogens (tertiary/aromatic N) is 2. The molecule has 0 amide bonds. The van der Waals surface area contributed by atoms with Crippen LogP contribution in [0.2, 0.25) is 5.02 Å². The topological polar surface area (TPSA) is 95.1 Å². The molecular formula is C21H26ClN5O2. The summed E-state index contributed by atoms with van der Waals surface area (Å²) in [7, 11) is 0. The van der Waals surface area contributed by atoms with Crippen LogP contribution in [0.1, 0.15) is 24.0 Å². The standard InChI is InChI=1S/C21H26ClN5O2/c22-17-3-1-2-16(12-17)14-24-26-20-21(7-10-29-11-8-21)27(23)19-5-4-15(6-9-28)13-18(19)25-20/h1-5,12-13,24,28H,6-11,14,23H2,(H,25,26). The molecule has 0 unspecified atom stereocenters. The van der Waals surface area contributed by atoms with Crippen LogP contribution in [0.3, 0.4) is 0 Å². The first-order valence-electron chi connectivity index (χ1n) is 9.81. The van der Waals surface area contributed by atoms with Crippen molar-refractivity contribution in [3.8, 4) is 0 Å². The smallest absolute Gasteiger partial charge is 0.144 e. The minimum atomic E-state index is -0.453. The number of rotatable bonds is 5. The maximum absolute atomic E-state index is 9.25. The van der Waals surface area contributed by atoms with E-state index in [0.29, 0.717) is 31.2 Å². The maximum Gasteiger partial charge on any atom is 0.144 e. The number of aliphatic imine (C=N–C) groups is 1. The number of anilines is 1. The van der Waals surface area contributed by atoms with Crippen LogP contribution in [0.5, 0.6) is 0 Å². The number of ether oxygens (including phenoxy) is 1. The van der Waals surface area contributed by atoms with Gasteiger partial charge in [-0.3, -0.25) is 5.01 Å². The van der Waals surface area contributed by atoms with Gasteiger partial charge in [-0.15, -0.1) is 0 Å². The Bertz CT molecular complexity index is 898. The van der Waals surface area contributed by atoms with E-state index < -0.39 is 5.54 Å². The van der Waals surface area contributed by atoms with Gasteiger partial charge in [-0.05, 0) is 41.8 Å². The molecule has 1 saturated heterocycles. The number of aliphatic hydroxyl groups is 1. The average Bonchev–Trinajstić information content (AvgIpc) is 2.73. The molecule has 8 heteroatoms. The van der Waals surface area contributed by atoms with Gasteiger partial charge in [-0.25, -0.2) is 16.3 Å². The zero-order chi connectivity index (χ0) is 20.3. The van der Waals surface area contributed by atoms with Crippen LogP contribution in [0.15, 0.2) is 47.5 Å². The first kappa shape index (κ1) is 20.1. The highest BCUT2D eigenvalue weighted by atomic mass is 35.5. The number of benzene rings is 2. The molecule has 0 radical (unpaired) electrons. The number of nitrogens with two attached hydrogens (primary N) is 1. The molecule has 154 valence electrons. The molecule has 29 heavy (non-hydrogen) atoms. The normalized spacial score (nSPS) is 17.8. The van der Waals surface area contributed by atoms with E-state index in [1.54, 1.807) is 0 Å². The lowest BCUT2D eigenvalue weighted by Gasteiger charge is -2.47. The number of hydrogen-bond acceptors (Lipinski definition) is 7. The van der Waals surface area contributed by atoms with E-state index in [1.165, 1.54) is 0 Å². The van der Waals surface area contributed by atoms with Gasteiger partial charge in [0.25, 0.3) is 0 Å². The lowest BCUT2D eigenvalue weighted by Crippen LogP contribution is -2.67. The Kier molecular flexibility index (Phi) is 6.03. The van der Waals surface area contributed by atoms with Crippen LogP contribution in [0.4, 0.5) is 11.4 Å². The molecule has 0 atom stereocenters. The van der Waals surface area contributed by atoms with Crippen molar-refractivity contribution in [1.82, 2.24) is 10.9 Å². The third-order valence-corrected chi connectivity index (χ3v) is 5.78. The summed E-state index contributed by atoms with van der Waals surface area (Å²) in [4.78, 5) is 4.92. The molecule has 0 aliphatic carbocycles. The molecule has 1 fully saturated rings. The Labute approximate surface area is 175 Å². The SMILES string of the molecule is NN1c2ccc(CCO)cc2N=C(NNCc2cccc(Cl)c2)C12CCOCC2. The van der Waals surface area contributed by atoms with Crippen LogP contribution in [-0.2, 0) is 17.7 Å². The fourth-order valence-corrected chi connectivity index (χ4v) is 4.14. The summed E-state index contributed by atoms with van der Waals surface area (Å²) in [5.74, 6) is 7.41. The van der Waals surface area contributed by atoms with Crippen LogP contribution < -0.4 is 21.7 Å². The van der Waals surface area contributed by atoms with Crippen molar-refractivity contribution in [3.05, 3.63) is 58.6 Å². The van der Waals surface area contributed by atoms with E-state index in [-0.39, 0.29) is 6.61 Å². The van der Waals surface area contributed by atoms with E-state index >= 15 is 0 Å². The highest BCUT2D eigenvalue weighted by molar-refractivity contribution is 6.30. The first-order valence-corrected chi connectivity index (χ1v) is 10.2. The first-order chi connectivity index (χ1) is 14.1. The monoisotopic (exact) mass is 415 g/mol. The third-order valence-electron chi connectivity index (χ3n) is 5.54. The average molecular weight is 416 g/mol. The van der Waals surface area contributed by atoms with Crippen molar-refractivity contribution in [1.29, 1.82) is 0 Å². The molecule has 0 bridgehead atoms. The molecule has 2 aliphatic heterocycles. The van der Waals surface area contributed by atoms with Gasteiger partial charge in [0, 0.05) is 44.2 Å². The van der Waals surface area contributed by atoms with Crippen LogP contribution in [-0.4, -0.2) is 36.3 Å². The highest BCUT2D eigenvalue weighted by Gasteiger charge is 2.46. The molecule has 0 saturated carbocycles. The molecular weight excluding hydrogens is 390 g/mol. The van der Waals surface area contributed by atoms with E-state index in [4.69, 9.17) is 27.2 Å². The Hall–Kier alpha value is -2.16. The second-order valence-electron chi connectivity index (χ2n) is 7.38. The summed E-state index contributed by atoms with van der Waals surface area (Å²) in [5.41, 5.74) is 9.88. The van der Waals surface area contributed by atoms with Gasteiger partial charge in [0.2, 0.25) is 0 Å². The van der Waals surface area contributed by atoms with Crippen molar-refractivity contribution >= 4 is 28.8 Å². The third kappa shape index (κ3) is 4.10.